The fraction of sp³-hybridized carbons (Fsp3) is 0.250. The number of esters is 1. The molecule has 11 heteroatoms. The Balaban J connectivity index is 1.38. The van der Waals surface area contributed by atoms with Gasteiger partial charge in [-0.05, 0) is 30.9 Å². The van der Waals surface area contributed by atoms with E-state index >= 15 is 0 Å². The van der Waals surface area contributed by atoms with E-state index in [-0.39, 0.29) is 24.5 Å². The minimum Gasteiger partial charge on any atom is -0.462 e. The number of thioether (sulfide) groups is 1. The number of carbonyl (C=O) groups is 2. The van der Waals surface area contributed by atoms with Crippen molar-refractivity contribution in [1.29, 1.82) is 5.26 Å². The highest BCUT2D eigenvalue weighted by Gasteiger charge is 2.22. The fourth-order valence-corrected chi connectivity index (χ4v) is 5.95. The largest absolute Gasteiger partial charge is 0.462 e. The van der Waals surface area contributed by atoms with Crippen molar-refractivity contribution >= 4 is 56.4 Å². The number of nitrogens with one attached hydrogen (secondary N) is 2. The molecule has 2 aromatic carbocycles. The minimum absolute atomic E-state index is 0.186. The van der Waals surface area contributed by atoms with Crippen LogP contribution in [0, 0.1) is 18.3 Å². The first-order valence-corrected chi connectivity index (χ1v) is 14.1. The molecule has 2 heterocycles. The summed E-state index contributed by atoms with van der Waals surface area (Å²) >= 11 is 2.47. The highest BCUT2D eigenvalue weighted by molar-refractivity contribution is 7.99. The number of benzene rings is 2. The summed E-state index contributed by atoms with van der Waals surface area (Å²) in [4.78, 5) is 25.1. The Bertz CT molecular complexity index is 1550. The number of thiophene rings is 1. The molecule has 0 spiro atoms. The van der Waals surface area contributed by atoms with Gasteiger partial charge in [0.25, 0.3) is 0 Å². The van der Waals surface area contributed by atoms with E-state index in [1.165, 1.54) is 11.8 Å². The molecule has 1 amide bonds. The lowest BCUT2D eigenvalue weighted by molar-refractivity contribution is -0.115. The first-order valence-electron chi connectivity index (χ1n) is 12.3. The Morgan fingerprint density at radius 3 is 2.79 bits per heavy atom. The van der Waals surface area contributed by atoms with Gasteiger partial charge in [0, 0.05) is 29.8 Å². The van der Waals surface area contributed by atoms with E-state index in [0.29, 0.717) is 39.4 Å². The number of anilines is 2. The van der Waals surface area contributed by atoms with Crippen molar-refractivity contribution in [2.45, 2.75) is 38.5 Å². The van der Waals surface area contributed by atoms with Crippen LogP contribution < -0.4 is 10.6 Å². The van der Waals surface area contributed by atoms with E-state index in [2.05, 4.69) is 51.7 Å². The van der Waals surface area contributed by atoms with E-state index in [4.69, 9.17) is 4.74 Å². The Morgan fingerprint density at radius 2 is 2.03 bits per heavy atom. The fourth-order valence-electron chi connectivity index (χ4n) is 3.97. The zero-order valence-electron chi connectivity index (χ0n) is 21.7. The number of carbonyl (C=O) groups excluding carboxylic acids is 2. The van der Waals surface area contributed by atoms with Crippen LogP contribution in [-0.2, 0) is 22.6 Å². The zero-order valence-corrected chi connectivity index (χ0v) is 23.3. The second kappa shape index (κ2) is 13.1. The lowest BCUT2D eigenvalue weighted by Gasteiger charge is -2.11. The number of hydrogen-bond acceptors (Lipinski definition) is 9. The summed E-state index contributed by atoms with van der Waals surface area (Å²) in [5.74, 6) is 0.451. The van der Waals surface area contributed by atoms with Gasteiger partial charge in [0.05, 0.1) is 18.7 Å². The third-order valence-electron chi connectivity index (χ3n) is 5.86. The van der Waals surface area contributed by atoms with Crippen LogP contribution in [0.25, 0.3) is 10.8 Å². The van der Waals surface area contributed by atoms with Crippen molar-refractivity contribution in [3.05, 3.63) is 76.9 Å². The van der Waals surface area contributed by atoms with Gasteiger partial charge in [-0.3, -0.25) is 4.79 Å². The predicted molar refractivity (Wildman–Crippen MR) is 155 cm³/mol. The van der Waals surface area contributed by atoms with E-state index < -0.39 is 5.97 Å². The lowest BCUT2D eigenvalue weighted by atomic mass is 10.1. The summed E-state index contributed by atoms with van der Waals surface area (Å²) in [5, 5.41) is 27.8. The summed E-state index contributed by atoms with van der Waals surface area (Å²) in [6.07, 6.45) is 1.97. The van der Waals surface area contributed by atoms with Crippen LogP contribution >= 0.6 is 23.1 Å². The average molecular weight is 561 g/mol. The molecule has 0 saturated carbocycles. The molecular formula is C28H28N6O3S2. The van der Waals surface area contributed by atoms with Crippen molar-refractivity contribution in [2.24, 2.45) is 0 Å². The van der Waals surface area contributed by atoms with Crippen LogP contribution in [0.1, 0.15) is 40.0 Å². The number of nitriles is 1. The number of rotatable bonds is 12. The topological polar surface area (TPSA) is 122 Å². The van der Waals surface area contributed by atoms with Crippen LogP contribution in [0.15, 0.2) is 60.3 Å². The summed E-state index contributed by atoms with van der Waals surface area (Å²) in [5.41, 5.74) is 1.80. The molecule has 0 fully saturated rings. The van der Waals surface area contributed by atoms with Crippen LogP contribution in [0.2, 0.25) is 0 Å². The number of ether oxygens (including phenoxy) is 1. The maximum atomic E-state index is 12.7. The Hall–Kier alpha value is -4.14. The van der Waals surface area contributed by atoms with E-state index in [1.807, 2.05) is 28.8 Å². The zero-order chi connectivity index (χ0) is 27.8. The third-order valence-corrected chi connectivity index (χ3v) is 8.02. The smallest absolute Gasteiger partial charge is 0.348 e. The van der Waals surface area contributed by atoms with Crippen molar-refractivity contribution < 1.29 is 14.3 Å². The molecule has 200 valence electrons. The monoisotopic (exact) mass is 560 g/mol. The molecule has 4 rings (SSSR count). The maximum Gasteiger partial charge on any atom is 0.348 e. The number of fused-ring (bicyclic) bond motifs is 1. The molecule has 0 saturated heterocycles. The molecule has 2 N–H and O–H groups in total. The number of nitrogens with zero attached hydrogens (tertiary/aromatic N) is 4. The van der Waals surface area contributed by atoms with Crippen LogP contribution in [-0.4, -0.2) is 39.0 Å². The van der Waals surface area contributed by atoms with Crippen molar-refractivity contribution in [2.75, 3.05) is 23.0 Å². The Labute approximate surface area is 234 Å². The summed E-state index contributed by atoms with van der Waals surface area (Å²) < 4.78 is 7.02. The number of amides is 1. The highest BCUT2D eigenvalue weighted by Crippen LogP contribution is 2.33. The average Bonchev–Trinajstić information content (AvgIpc) is 3.47. The van der Waals surface area contributed by atoms with Crippen molar-refractivity contribution in [3.63, 3.8) is 0 Å². The molecule has 4 aromatic rings. The van der Waals surface area contributed by atoms with Crippen molar-refractivity contribution in [1.82, 2.24) is 14.8 Å². The Kier molecular flexibility index (Phi) is 9.35. The predicted octanol–water partition coefficient (Wildman–Crippen LogP) is 5.77. The van der Waals surface area contributed by atoms with Gasteiger partial charge >= 0.3 is 5.97 Å². The molecular weight excluding hydrogens is 532 g/mol. The molecule has 9 nitrogen and oxygen atoms in total. The molecule has 0 aliphatic carbocycles. The van der Waals surface area contributed by atoms with Gasteiger partial charge in [0.15, 0.2) is 11.0 Å². The van der Waals surface area contributed by atoms with Gasteiger partial charge in [-0.1, -0.05) is 54.2 Å². The lowest BCUT2D eigenvalue weighted by Crippen LogP contribution is -2.12. The number of allylic oxidation sites excluding steroid dienone is 1. The van der Waals surface area contributed by atoms with Crippen LogP contribution in [0.5, 0.6) is 0 Å². The van der Waals surface area contributed by atoms with Crippen molar-refractivity contribution in [3.8, 4) is 6.07 Å². The minimum atomic E-state index is -0.500. The molecule has 0 atom stereocenters. The van der Waals surface area contributed by atoms with Gasteiger partial charge < -0.3 is 19.9 Å². The van der Waals surface area contributed by atoms with E-state index in [0.717, 1.165) is 33.6 Å². The van der Waals surface area contributed by atoms with Crippen LogP contribution in [0.4, 0.5) is 10.7 Å². The van der Waals surface area contributed by atoms with E-state index in [1.54, 1.807) is 19.9 Å². The summed E-state index contributed by atoms with van der Waals surface area (Å²) in [7, 11) is 0. The number of hydrogen-bond donors (Lipinski definition) is 2. The molecule has 0 aliphatic rings. The molecule has 0 bridgehead atoms. The third kappa shape index (κ3) is 6.47. The molecule has 0 aliphatic heterocycles. The standard InChI is InChI=1S/C28H28N6O3S2/c1-4-14-34-23(17-30-22-12-8-10-19-9-6-7-11-20(19)22)32-33-28(34)38-15-13-24(35)31-26-21(16-29)18(3)25(39-26)27(36)37-5-2/h4,6-12,30H,1,5,13-15,17H2,2-3H3,(H,31,35). The van der Waals surface area contributed by atoms with Gasteiger partial charge in [-0.2, -0.15) is 5.26 Å². The van der Waals surface area contributed by atoms with Gasteiger partial charge in [0.1, 0.15) is 15.9 Å². The summed E-state index contributed by atoms with van der Waals surface area (Å²) in [6, 6.07) is 16.4. The normalized spacial score (nSPS) is 10.7. The quantitative estimate of drug-likeness (QED) is 0.127. The van der Waals surface area contributed by atoms with Gasteiger partial charge in [-0.15, -0.1) is 28.1 Å². The highest BCUT2D eigenvalue weighted by atomic mass is 32.2. The van der Waals surface area contributed by atoms with Gasteiger partial charge in [-0.25, -0.2) is 4.79 Å². The van der Waals surface area contributed by atoms with E-state index in [9.17, 15) is 14.9 Å². The Morgan fingerprint density at radius 1 is 1.23 bits per heavy atom. The first kappa shape index (κ1) is 27.9. The molecule has 2 aromatic heterocycles. The van der Waals surface area contributed by atoms with Gasteiger partial charge in [0.2, 0.25) is 5.91 Å². The molecule has 39 heavy (non-hydrogen) atoms. The SMILES string of the molecule is C=CCn1c(CNc2cccc3ccccc23)nnc1SCCC(=O)Nc1sc(C(=O)OCC)c(C)c1C#N. The molecule has 0 unspecified atom stereocenters. The van der Waals surface area contributed by atoms with Crippen LogP contribution in [0.3, 0.4) is 0 Å². The number of aromatic nitrogens is 3. The second-order valence-corrected chi connectivity index (χ2v) is 10.5. The first-order chi connectivity index (χ1) is 19.0. The molecule has 0 radical (unpaired) electrons. The maximum absolute atomic E-state index is 12.7. The summed E-state index contributed by atoms with van der Waals surface area (Å²) in [6.45, 7) is 8.48. The second-order valence-electron chi connectivity index (χ2n) is 8.42.